The van der Waals surface area contributed by atoms with Crippen molar-refractivity contribution in [3.05, 3.63) is 65.7 Å². The van der Waals surface area contributed by atoms with Crippen molar-refractivity contribution in [1.29, 1.82) is 0 Å². The first-order valence-corrected chi connectivity index (χ1v) is 8.56. The van der Waals surface area contributed by atoms with Gasteiger partial charge in [-0.25, -0.2) is 4.68 Å². The second-order valence-electron chi connectivity index (χ2n) is 6.23. The van der Waals surface area contributed by atoms with Crippen LogP contribution < -0.4 is 0 Å². The van der Waals surface area contributed by atoms with E-state index in [4.69, 9.17) is 0 Å². The summed E-state index contributed by atoms with van der Waals surface area (Å²) >= 11 is 0. The molecule has 0 fully saturated rings. The highest BCUT2D eigenvalue weighted by Crippen LogP contribution is 2.33. The van der Waals surface area contributed by atoms with Crippen LogP contribution in [0.1, 0.15) is 36.5 Å². The molecule has 6 heteroatoms. The smallest absolute Gasteiger partial charge is 0.165 e. The molecule has 1 aliphatic heterocycles. The maximum Gasteiger partial charge on any atom is 0.165 e. The first-order chi connectivity index (χ1) is 11.9. The molecule has 0 aliphatic carbocycles. The zero-order valence-corrected chi connectivity index (χ0v) is 13.9. The van der Waals surface area contributed by atoms with Gasteiger partial charge in [-0.1, -0.05) is 37.3 Å². The Balaban J connectivity index is 1.67. The lowest BCUT2D eigenvalue weighted by Gasteiger charge is -2.37. The summed E-state index contributed by atoms with van der Waals surface area (Å²) in [6, 6.07) is 15.3. The van der Waals surface area contributed by atoms with Gasteiger partial charge in [0, 0.05) is 31.5 Å². The molecule has 0 bridgehead atoms. The van der Waals surface area contributed by atoms with Gasteiger partial charge < -0.3 is 4.57 Å². The van der Waals surface area contributed by atoms with Gasteiger partial charge in [-0.15, -0.1) is 5.10 Å². The zero-order valence-electron chi connectivity index (χ0n) is 13.9. The van der Waals surface area contributed by atoms with Crippen molar-refractivity contribution in [1.82, 2.24) is 29.7 Å². The van der Waals surface area contributed by atoms with Crippen LogP contribution in [0.25, 0.3) is 0 Å². The van der Waals surface area contributed by atoms with E-state index in [9.17, 15) is 0 Å². The lowest BCUT2D eigenvalue weighted by molar-refractivity contribution is 0.167. The molecule has 3 aromatic rings. The maximum atomic E-state index is 4.25. The molecule has 0 unspecified atom stereocenters. The van der Waals surface area contributed by atoms with Crippen molar-refractivity contribution < 1.29 is 0 Å². The Bertz CT molecular complexity index is 791. The van der Waals surface area contributed by atoms with Crippen LogP contribution in [0.3, 0.4) is 0 Å². The molecule has 124 valence electrons. The molecule has 1 aliphatic rings. The van der Waals surface area contributed by atoms with Crippen LogP contribution in [-0.2, 0) is 19.6 Å². The summed E-state index contributed by atoms with van der Waals surface area (Å²) in [5.74, 6) is 0.942. The Labute approximate surface area is 141 Å². The number of tetrazole rings is 1. The second kappa shape index (κ2) is 6.57. The molecule has 1 aromatic carbocycles. The van der Waals surface area contributed by atoms with E-state index in [1.54, 1.807) is 0 Å². The van der Waals surface area contributed by atoms with E-state index >= 15 is 0 Å². The van der Waals surface area contributed by atoms with Gasteiger partial charge in [0.25, 0.3) is 0 Å². The Morgan fingerprint density at radius 3 is 2.79 bits per heavy atom. The molecule has 0 saturated carbocycles. The third-order valence-corrected chi connectivity index (χ3v) is 4.64. The number of aryl methyl sites for hydroxylation is 1. The molecule has 6 nitrogen and oxygen atoms in total. The third kappa shape index (κ3) is 2.73. The van der Waals surface area contributed by atoms with Crippen molar-refractivity contribution in [2.45, 2.75) is 39.0 Å². The van der Waals surface area contributed by atoms with Crippen molar-refractivity contribution in [2.24, 2.45) is 0 Å². The Hall–Kier alpha value is -2.47. The highest BCUT2D eigenvalue weighted by molar-refractivity contribution is 5.30. The van der Waals surface area contributed by atoms with Crippen LogP contribution in [0.5, 0.6) is 0 Å². The van der Waals surface area contributed by atoms with Crippen LogP contribution in [0.2, 0.25) is 0 Å². The van der Waals surface area contributed by atoms with E-state index in [0.29, 0.717) is 0 Å². The predicted octanol–water partition coefficient (Wildman–Crippen LogP) is 2.49. The number of hydrogen-bond donors (Lipinski definition) is 0. The zero-order chi connectivity index (χ0) is 16.4. The highest BCUT2D eigenvalue weighted by Gasteiger charge is 2.29. The first kappa shape index (κ1) is 15.1. The summed E-state index contributed by atoms with van der Waals surface area (Å²) in [7, 11) is 0. The van der Waals surface area contributed by atoms with Gasteiger partial charge in [0.15, 0.2) is 5.82 Å². The molecule has 0 N–H and O–H groups in total. The molecule has 0 saturated heterocycles. The molecule has 2 aromatic heterocycles. The highest BCUT2D eigenvalue weighted by atomic mass is 15.5. The maximum absolute atomic E-state index is 4.25. The number of rotatable bonds is 5. The standard InChI is InChI=1S/C18H22N6/c1-2-10-24-17(19-20-21-24)14-23-13-12-22-11-6-9-16(22)18(23)15-7-4-3-5-8-15/h3-9,11,18H,2,10,12-14H2,1H3/t18-/m1/s1. The minimum atomic E-state index is 0.238. The van der Waals surface area contributed by atoms with E-state index in [0.717, 1.165) is 38.4 Å². The Kier molecular flexibility index (Phi) is 4.13. The van der Waals surface area contributed by atoms with Crippen LogP contribution >= 0.6 is 0 Å². The SMILES string of the molecule is CCCn1nnnc1CN1CCn2cccc2[C@H]1c1ccccc1. The summed E-state index contributed by atoms with van der Waals surface area (Å²) in [6.07, 6.45) is 3.20. The van der Waals surface area contributed by atoms with Crippen LogP contribution in [0.4, 0.5) is 0 Å². The number of fused-ring (bicyclic) bond motifs is 1. The molecule has 24 heavy (non-hydrogen) atoms. The summed E-state index contributed by atoms with van der Waals surface area (Å²) in [5, 5.41) is 12.3. The summed E-state index contributed by atoms with van der Waals surface area (Å²) in [4.78, 5) is 2.47. The predicted molar refractivity (Wildman–Crippen MR) is 91.2 cm³/mol. The molecule has 1 atom stereocenters. The third-order valence-electron chi connectivity index (χ3n) is 4.64. The molecular weight excluding hydrogens is 300 g/mol. The van der Waals surface area contributed by atoms with Crippen molar-refractivity contribution in [2.75, 3.05) is 6.54 Å². The Morgan fingerprint density at radius 1 is 1.08 bits per heavy atom. The number of hydrogen-bond acceptors (Lipinski definition) is 4. The molecule has 4 rings (SSSR count). The van der Waals surface area contributed by atoms with Crippen LogP contribution in [-0.4, -0.2) is 36.2 Å². The van der Waals surface area contributed by atoms with Gasteiger partial charge in [0.2, 0.25) is 0 Å². The van der Waals surface area contributed by atoms with E-state index in [-0.39, 0.29) is 6.04 Å². The lowest BCUT2D eigenvalue weighted by Crippen LogP contribution is -2.38. The number of aromatic nitrogens is 5. The van der Waals surface area contributed by atoms with Gasteiger partial charge in [0.1, 0.15) is 0 Å². The van der Waals surface area contributed by atoms with Gasteiger partial charge >= 0.3 is 0 Å². The van der Waals surface area contributed by atoms with E-state index in [2.05, 4.69) is 80.6 Å². The fraction of sp³-hybridized carbons (Fsp3) is 0.389. The fourth-order valence-electron chi connectivity index (χ4n) is 3.52. The molecule has 0 amide bonds. The van der Waals surface area contributed by atoms with Gasteiger partial charge in [-0.3, -0.25) is 4.90 Å². The number of benzene rings is 1. The second-order valence-corrected chi connectivity index (χ2v) is 6.23. The monoisotopic (exact) mass is 322 g/mol. The number of nitrogens with zero attached hydrogens (tertiary/aromatic N) is 6. The quantitative estimate of drug-likeness (QED) is 0.724. The van der Waals surface area contributed by atoms with Crippen LogP contribution in [0.15, 0.2) is 48.7 Å². The summed E-state index contributed by atoms with van der Waals surface area (Å²) in [6.45, 7) is 5.76. The minimum Gasteiger partial charge on any atom is -0.348 e. The lowest BCUT2D eigenvalue weighted by atomic mass is 10.00. The van der Waals surface area contributed by atoms with Crippen LogP contribution in [0, 0.1) is 0 Å². The molecule has 3 heterocycles. The van der Waals surface area contributed by atoms with Gasteiger partial charge in [-0.05, 0) is 34.5 Å². The van der Waals surface area contributed by atoms with E-state index in [1.165, 1.54) is 11.3 Å². The van der Waals surface area contributed by atoms with Crippen molar-refractivity contribution in [3.8, 4) is 0 Å². The van der Waals surface area contributed by atoms with Gasteiger partial charge in [-0.2, -0.15) is 0 Å². The van der Waals surface area contributed by atoms with E-state index < -0.39 is 0 Å². The topological polar surface area (TPSA) is 51.8 Å². The Morgan fingerprint density at radius 2 is 1.96 bits per heavy atom. The first-order valence-electron chi connectivity index (χ1n) is 8.56. The summed E-state index contributed by atoms with van der Waals surface area (Å²) < 4.78 is 4.28. The van der Waals surface area contributed by atoms with Crippen molar-refractivity contribution in [3.63, 3.8) is 0 Å². The van der Waals surface area contributed by atoms with Gasteiger partial charge in [0.05, 0.1) is 12.6 Å². The summed E-state index contributed by atoms with van der Waals surface area (Å²) in [5.41, 5.74) is 2.65. The van der Waals surface area contributed by atoms with E-state index in [1.807, 2.05) is 4.68 Å². The normalized spacial score (nSPS) is 17.8. The molecular formula is C18H22N6. The average molecular weight is 322 g/mol. The average Bonchev–Trinajstić information content (AvgIpc) is 3.25. The largest absolute Gasteiger partial charge is 0.348 e. The fourth-order valence-corrected chi connectivity index (χ4v) is 3.52. The minimum absolute atomic E-state index is 0.238. The van der Waals surface area contributed by atoms with Crippen molar-refractivity contribution >= 4 is 0 Å². The molecule has 0 radical (unpaired) electrons. The molecule has 0 spiro atoms.